The molecule has 0 aliphatic heterocycles. The van der Waals surface area contributed by atoms with Crippen LogP contribution in [0.25, 0.3) is 0 Å². The maximum atomic E-state index is 12.2. The fraction of sp³-hybridized carbons (Fsp3) is 0.833. The van der Waals surface area contributed by atoms with E-state index in [1.807, 2.05) is 6.92 Å². The summed E-state index contributed by atoms with van der Waals surface area (Å²) in [5, 5.41) is 2.94. The van der Waals surface area contributed by atoms with E-state index in [4.69, 9.17) is 18.0 Å². The summed E-state index contributed by atoms with van der Waals surface area (Å²) in [7, 11) is -0.826. The molecule has 6 heteroatoms. The fourth-order valence-electron chi connectivity index (χ4n) is 2.41. The summed E-state index contributed by atoms with van der Waals surface area (Å²) in [6.45, 7) is 4.01. The maximum Gasteiger partial charge on any atom is 0.233 e. The third kappa shape index (κ3) is 3.51. The summed E-state index contributed by atoms with van der Waals surface area (Å²) < 4.78 is 11.0. The second-order valence-corrected chi connectivity index (χ2v) is 7.39. The lowest BCUT2D eigenvalue weighted by Crippen LogP contribution is -2.57. The molecule has 1 rings (SSSR count). The van der Waals surface area contributed by atoms with Crippen LogP contribution in [0.15, 0.2) is 0 Å². The highest BCUT2D eigenvalue weighted by molar-refractivity contribution is 7.84. The van der Waals surface area contributed by atoms with E-state index in [1.54, 1.807) is 6.26 Å². The van der Waals surface area contributed by atoms with E-state index < -0.39 is 16.2 Å². The number of nitrogens with one attached hydrogen (secondary N) is 1. The molecule has 1 aliphatic carbocycles. The average molecular weight is 290 g/mol. The molecule has 0 radical (unpaired) electrons. The van der Waals surface area contributed by atoms with Crippen molar-refractivity contribution in [1.82, 2.24) is 5.32 Å². The molecule has 1 amide bonds. The molecule has 2 atom stereocenters. The Labute approximate surface area is 117 Å². The minimum Gasteiger partial charge on any atom is -0.392 e. The Hall–Kier alpha value is -0.490. The Morgan fingerprint density at radius 3 is 2.56 bits per heavy atom. The fourth-order valence-corrected chi connectivity index (χ4v) is 3.35. The molecule has 104 valence electrons. The number of hydrogen-bond donors (Lipinski definition) is 2. The van der Waals surface area contributed by atoms with Crippen LogP contribution in [-0.4, -0.2) is 33.2 Å². The van der Waals surface area contributed by atoms with Gasteiger partial charge in [0.25, 0.3) is 0 Å². The smallest absolute Gasteiger partial charge is 0.233 e. The molecule has 1 aliphatic rings. The zero-order valence-corrected chi connectivity index (χ0v) is 12.8. The van der Waals surface area contributed by atoms with Crippen molar-refractivity contribution in [2.75, 3.05) is 12.0 Å². The van der Waals surface area contributed by atoms with Gasteiger partial charge in [0.15, 0.2) is 0 Å². The van der Waals surface area contributed by atoms with Gasteiger partial charge in [0.2, 0.25) is 5.91 Å². The zero-order valence-electron chi connectivity index (χ0n) is 11.2. The zero-order chi connectivity index (χ0) is 13.9. The maximum absolute atomic E-state index is 12.2. The van der Waals surface area contributed by atoms with Crippen molar-refractivity contribution in [2.45, 2.75) is 39.2 Å². The summed E-state index contributed by atoms with van der Waals surface area (Å²) in [6, 6.07) is 0.00327. The summed E-state index contributed by atoms with van der Waals surface area (Å²) >= 11 is 5.04. The van der Waals surface area contributed by atoms with Gasteiger partial charge in [-0.2, -0.15) is 0 Å². The molecule has 0 aromatic carbocycles. The molecule has 0 bridgehead atoms. The topological polar surface area (TPSA) is 72.2 Å². The van der Waals surface area contributed by atoms with Crippen LogP contribution < -0.4 is 11.1 Å². The van der Waals surface area contributed by atoms with Crippen molar-refractivity contribution < 1.29 is 9.00 Å². The molecule has 0 heterocycles. The molecule has 4 nitrogen and oxygen atoms in total. The number of rotatable bonds is 6. The molecule has 0 aromatic heterocycles. The first-order valence-electron chi connectivity index (χ1n) is 6.19. The van der Waals surface area contributed by atoms with E-state index >= 15 is 0 Å². The molecule has 3 N–H and O–H groups in total. The summed E-state index contributed by atoms with van der Waals surface area (Å²) in [6.07, 6.45) is 3.84. The average Bonchev–Trinajstić information content (AvgIpc) is 2.20. The van der Waals surface area contributed by atoms with Crippen LogP contribution in [0.4, 0.5) is 0 Å². The number of nitrogens with two attached hydrogens (primary N) is 1. The van der Waals surface area contributed by atoms with E-state index in [1.165, 1.54) is 0 Å². The number of hydrogen-bond acceptors (Lipinski definition) is 3. The lowest BCUT2D eigenvalue weighted by Gasteiger charge is -2.44. The van der Waals surface area contributed by atoms with Gasteiger partial charge < -0.3 is 11.1 Å². The molecule has 0 spiro atoms. The Morgan fingerprint density at radius 2 is 2.17 bits per heavy atom. The van der Waals surface area contributed by atoms with E-state index in [2.05, 4.69) is 12.2 Å². The number of thiocarbonyl (C=S) groups is 1. The molecule has 0 aromatic rings. The second kappa shape index (κ2) is 6.10. The van der Waals surface area contributed by atoms with E-state index in [0.717, 1.165) is 12.8 Å². The number of carbonyl (C=O) groups is 1. The molecule has 2 unspecified atom stereocenters. The molecule has 1 fully saturated rings. The minimum atomic E-state index is -0.826. The molecule has 18 heavy (non-hydrogen) atoms. The predicted molar refractivity (Wildman–Crippen MR) is 78.8 cm³/mol. The Morgan fingerprint density at radius 1 is 1.61 bits per heavy atom. The summed E-state index contributed by atoms with van der Waals surface area (Å²) in [5.41, 5.74) is 5.07. The SMILES string of the molecule is CC1CC(C(=O)NC(C)CCS(C)=O)(C(N)=S)C1. The van der Waals surface area contributed by atoms with Gasteiger partial charge in [-0.3, -0.25) is 9.00 Å². The van der Waals surface area contributed by atoms with Crippen molar-refractivity contribution in [3.8, 4) is 0 Å². The van der Waals surface area contributed by atoms with Crippen molar-refractivity contribution in [3.05, 3.63) is 0 Å². The van der Waals surface area contributed by atoms with Crippen molar-refractivity contribution >= 4 is 33.9 Å². The Balaban J connectivity index is 2.53. The van der Waals surface area contributed by atoms with Gasteiger partial charge in [0, 0.05) is 28.9 Å². The first-order valence-corrected chi connectivity index (χ1v) is 8.32. The normalized spacial score (nSPS) is 30.1. The van der Waals surface area contributed by atoms with Crippen LogP contribution >= 0.6 is 12.2 Å². The van der Waals surface area contributed by atoms with Crippen molar-refractivity contribution in [3.63, 3.8) is 0 Å². The standard InChI is InChI=1S/C12H22N2O2S2/c1-8-6-12(7-8,10(13)17)11(15)14-9(2)4-5-18(3)16/h8-9H,4-7H2,1-3H3,(H2,13,17)(H,14,15). The second-order valence-electron chi connectivity index (χ2n) is 5.40. The van der Waals surface area contributed by atoms with Gasteiger partial charge >= 0.3 is 0 Å². The van der Waals surface area contributed by atoms with Gasteiger partial charge in [-0.1, -0.05) is 19.1 Å². The van der Waals surface area contributed by atoms with E-state index in [9.17, 15) is 9.00 Å². The Bertz CT molecular complexity index is 365. The lowest BCUT2D eigenvalue weighted by atomic mass is 9.62. The third-order valence-electron chi connectivity index (χ3n) is 3.52. The highest BCUT2D eigenvalue weighted by atomic mass is 32.2. The van der Waals surface area contributed by atoms with Gasteiger partial charge in [-0.15, -0.1) is 0 Å². The molecule has 1 saturated carbocycles. The van der Waals surface area contributed by atoms with Gasteiger partial charge in [0.1, 0.15) is 0 Å². The summed E-state index contributed by atoms with van der Waals surface area (Å²) in [5.74, 6) is 1.02. The van der Waals surface area contributed by atoms with Gasteiger partial charge in [-0.25, -0.2) is 0 Å². The van der Waals surface area contributed by atoms with Crippen LogP contribution in [0.3, 0.4) is 0 Å². The van der Waals surface area contributed by atoms with E-state index in [-0.39, 0.29) is 11.9 Å². The summed E-state index contributed by atoms with van der Waals surface area (Å²) in [4.78, 5) is 12.5. The third-order valence-corrected chi connectivity index (χ3v) is 4.72. The van der Waals surface area contributed by atoms with Crippen LogP contribution in [0.1, 0.15) is 33.1 Å². The highest BCUT2D eigenvalue weighted by Gasteiger charge is 2.50. The lowest BCUT2D eigenvalue weighted by molar-refractivity contribution is -0.133. The number of carbonyl (C=O) groups excluding carboxylic acids is 1. The minimum absolute atomic E-state index is 0.00327. The largest absolute Gasteiger partial charge is 0.392 e. The van der Waals surface area contributed by atoms with Crippen LogP contribution in [-0.2, 0) is 15.6 Å². The quantitative estimate of drug-likeness (QED) is 0.715. The first-order chi connectivity index (χ1) is 8.28. The predicted octanol–water partition coefficient (Wildman–Crippen LogP) is 0.962. The molecule has 0 saturated heterocycles. The first kappa shape index (κ1) is 15.6. The monoisotopic (exact) mass is 290 g/mol. The molecular weight excluding hydrogens is 268 g/mol. The van der Waals surface area contributed by atoms with Crippen LogP contribution in [0.2, 0.25) is 0 Å². The number of amides is 1. The van der Waals surface area contributed by atoms with Gasteiger partial charge in [0.05, 0.1) is 10.4 Å². The highest BCUT2D eigenvalue weighted by Crippen LogP contribution is 2.46. The van der Waals surface area contributed by atoms with Crippen LogP contribution in [0.5, 0.6) is 0 Å². The molecular formula is C12H22N2O2S2. The van der Waals surface area contributed by atoms with Crippen molar-refractivity contribution in [2.24, 2.45) is 17.1 Å². The Kier molecular flexibility index (Phi) is 5.28. The van der Waals surface area contributed by atoms with Crippen molar-refractivity contribution in [1.29, 1.82) is 0 Å². The van der Waals surface area contributed by atoms with Gasteiger partial charge in [-0.05, 0) is 32.1 Å². The van der Waals surface area contributed by atoms with Crippen LogP contribution in [0, 0.1) is 11.3 Å². The van der Waals surface area contributed by atoms with E-state index in [0.29, 0.717) is 23.1 Å².